The van der Waals surface area contributed by atoms with Gasteiger partial charge < -0.3 is 25.0 Å². The molecule has 2 aromatic rings. The Morgan fingerprint density at radius 3 is 1.83 bits per heavy atom. The first-order chi connectivity index (χ1) is 14.2. The van der Waals surface area contributed by atoms with Crippen LogP contribution in [0.25, 0.3) is 0 Å². The molecule has 0 aliphatic rings. The minimum Gasteiger partial charge on any atom is -0.490 e. The molecule has 0 saturated carbocycles. The molecule has 10 heteroatoms. The zero-order chi connectivity index (χ0) is 22.4. The SMILES string of the molecule is O=C(O)C(F)(F)F.O=C(O)CCNCc1ccc(OCCOc2ccccc2)cc1. The minimum atomic E-state index is -5.08. The van der Waals surface area contributed by atoms with E-state index in [1.54, 1.807) is 0 Å². The van der Waals surface area contributed by atoms with Crippen molar-refractivity contribution in [2.24, 2.45) is 0 Å². The fourth-order valence-corrected chi connectivity index (χ4v) is 1.97. The molecule has 2 aromatic carbocycles. The number of rotatable bonds is 10. The van der Waals surface area contributed by atoms with Crippen LogP contribution in [0.2, 0.25) is 0 Å². The van der Waals surface area contributed by atoms with E-state index in [1.165, 1.54) is 0 Å². The number of hydrogen-bond donors (Lipinski definition) is 3. The van der Waals surface area contributed by atoms with Crippen LogP contribution in [0, 0.1) is 0 Å². The molecular formula is C20H22F3NO6. The maximum atomic E-state index is 10.6. The van der Waals surface area contributed by atoms with Crippen LogP contribution in [0.3, 0.4) is 0 Å². The molecule has 0 aromatic heterocycles. The molecule has 3 N–H and O–H groups in total. The molecule has 0 radical (unpaired) electrons. The molecule has 0 aliphatic heterocycles. The Bertz CT molecular complexity index is 766. The summed E-state index contributed by atoms with van der Waals surface area (Å²) in [4.78, 5) is 19.3. The second-order valence-electron chi connectivity index (χ2n) is 5.78. The summed E-state index contributed by atoms with van der Waals surface area (Å²) in [6, 6.07) is 17.3. The van der Waals surface area contributed by atoms with E-state index >= 15 is 0 Å². The Morgan fingerprint density at radius 1 is 0.867 bits per heavy atom. The van der Waals surface area contributed by atoms with Gasteiger partial charge in [-0.25, -0.2) is 4.79 Å². The lowest BCUT2D eigenvalue weighted by Crippen LogP contribution is -2.21. The molecular weight excluding hydrogens is 407 g/mol. The quantitative estimate of drug-likeness (QED) is 0.498. The first-order valence-corrected chi connectivity index (χ1v) is 8.80. The van der Waals surface area contributed by atoms with Gasteiger partial charge in [0.1, 0.15) is 24.7 Å². The Kier molecular flexibility index (Phi) is 10.8. The van der Waals surface area contributed by atoms with Crippen molar-refractivity contribution in [2.75, 3.05) is 19.8 Å². The highest BCUT2D eigenvalue weighted by molar-refractivity contribution is 5.73. The van der Waals surface area contributed by atoms with Crippen molar-refractivity contribution in [3.63, 3.8) is 0 Å². The van der Waals surface area contributed by atoms with Gasteiger partial charge >= 0.3 is 18.1 Å². The predicted octanol–water partition coefficient (Wildman–Crippen LogP) is 3.34. The van der Waals surface area contributed by atoms with E-state index in [2.05, 4.69) is 5.32 Å². The maximum absolute atomic E-state index is 10.6. The molecule has 0 aliphatic carbocycles. The normalized spacial score (nSPS) is 10.5. The highest BCUT2D eigenvalue weighted by Crippen LogP contribution is 2.13. The van der Waals surface area contributed by atoms with Crippen molar-refractivity contribution < 1.29 is 42.4 Å². The zero-order valence-electron chi connectivity index (χ0n) is 15.9. The fraction of sp³-hybridized carbons (Fsp3) is 0.300. The van der Waals surface area contributed by atoms with Crippen LogP contribution in [0.4, 0.5) is 13.2 Å². The van der Waals surface area contributed by atoms with Gasteiger partial charge in [0.05, 0.1) is 6.42 Å². The van der Waals surface area contributed by atoms with Crippen LogP contribution in [0.1, 0.15) is 12.0 Å². The fourth-order valence-electron chi connectivity index (χ4n) is 1.97. The molecule has 0 amide bonds. The highest BCUT2D eigenvalue weighted by Gasteiger charge is 2.38. The number of ether oxygens (including phenoxy) is 2. The minimum absolute atomic E-state index is 0.128. The van der Waals surface area contributed by atoms with Crippen LogP contribution >= 0.6 is 0 Å². The van der Waals surface area contributed by atoms with Gasteiger partial charge in [-0.05, 0) is 29.8 Å². The van der Waals surface area contributed by atoms with Gasteiger partial charge in [0, 0.05) is 13.1 Å². The molecule has 0 bridgehead atoms. The molecule has 0 heterocycles. The lowest BCUT2D eigenvalue weighted by Gasteiger charge is -2.09. The Labute approximate surface area is 171 Å². The van der Waals surface area contributed by atoms with Crippen molar-refractivity contribution in [3.05, 3.63) is 60.2 Å². The van der Waals surface area contributed by atoms with Gasteiger partial charge in [0.2, 0.25) is 0 Å². The Morgan fingerprint density at radius 2 is 1.37 bits per heavy atom. The van der Waals surface area contributed by atoms with E-state index in [0.29, 0.717) is 26.3 Å². The maximum Gasteiger partial charge on any atom is 0.490 e. The van der Waals surface area contributed by atoms with Gasteiger partial charge in [0.25, 0.3) is 0 Å². The first kappa shape index (κ1) is 24.8. The van der Waals surface area contributed by atoms with E-state index < -0.39 is 18.1 Å². The monoisotopic (exact) mass is 429 g/mol. The van der Waals surface area contributed by atoms with Crippen molar-refractivity contribution in [1.29, 1.82) is 0 Å². The second kappa shape index (κ2) is 13.0. The average Bonchev–Trinajstić information content (AvgIpc) is 2.70. The standard InChI is InChI=1S/C18H21NO4.C2HF3O2/c20-18(21)10-11-19-14-15-6-8-17(9-7-15)23-13-12-22-16-4-2-1-3-5-16;3-2(4,5)1(6)7/h1-9,19H,10-14H2,(H,20,21);(H,6,7). The van der Waals surface area contributed by atoms with Gasteiger partial charge in [-0.2, -0.15) is 13.2 Å². The van der Waals surface area contributed by atoms with E-state index in [4.69, 9.17) is 24.5 Å². The number of para-hydroxylation sites is 1. The van der Waals surface area contributed by atoms with Crippen molar-refractivity contribution in [3.8, 4) is 11.5 Å². The number of nitrogens with one attached hydrogen (secondary N) is 1. The zero-order valence-corrected chi connectivity index (χ0v) is 15.9. The van der Waals surface area contributed by atoms with Crippen LogP contribution in [0.5, 0.6) is 11.5 Å². The molecule has 30 heavy (non-hydrogen) atoms. The number of alkyl halides is 3. The van der Waals surface area contributed by atoms with Crippen LogP contribution in [-0.4, -0.2) is 48.1 Å². The van der Waals surface area contributed by atoms with Gasteiger partial charge in [-0.15, -0.1) is 0 Å². The average molecular weight is 429 g/mol. The lowest BCUT2D eigenvalue weighted by molar-refractivity contribution is -0.192. The Hall–Kier alpha value is -3.27. The second-order valence-corrected chi connectivity index (χ2v) is 5.78. The molecule has 0 spiro atoms. The number of hydrogen-bond acceptors (Lipinski definition) is 5. The van der Waals surface area contributed by atoms with Gasteiger partial charge in [0.15, 0.2) is 0 Å². The summed E-state index contributed by atoms with van der Waals surface area (Å²) in [5, 5.41) is 18.8. The lowest BCUT2D eigenvalue weighted by atomic mass is 10.2. The number of carboxylic acids is 2. The third-order valence-corrected chi connectivity index (χ3v) is 3.37. The molecule has 164 valence electrons. The molecule has 0 unspecified atom stereocenters. The van der Waals surface area contributed by atoms with Crippen LogP contribution < -0.4 is 14.8 Å². The van der Waals surface area contributed by atoms with Crippen molar-refractivity contribution in [1.82, 2.24) is 5.32 Å². The predicted molar refractivity (Wildman–Crippen MR) is 102 cm³/mol. The Balaban J connectivity index is 0.000000553. The largest absolute Gasteiger partial charge is 0.490 e. The molecule has 0 atom stereocenters. The number of benzene rings is 2. The number of carbonyl (C=O) groups is 2. The van der Waals surface area contributed by atoms with Gasteiger partial charge in [-0.1, -0.05) is 30.3 Å². The summed E-state index contributed by atoms with van der Waals surface area (Å²) < 4.78 is 42.9. The van der Waals surface area contributed by atoms with Gasteiger partial charge in [-0.3, -0.25) is 4.79 Å². The van der Waals surface area contributed by atoms with E-state index in [9.17, 15) is 18.0 Å². The number of halogens is 3. The van der Waals surface area contributed by atoms with E-state index in [0.717, 1.165) is 17.1 Å². The third kappa shape index (κ3) is 11.5. The summed E-state index contributed by atoms with van der Waals surface area (Å²) >= 11 is 0. The van der Waals surface area contributed by atoms with Crippen LogP contribution in [0.15, 0.2) is 54.6 Å². The summed E-state index contributed by atoms with van der Waals surface area (Å²) in [5.74, 6) is -1.93. The number of aliphatic carboxylic acids is 2. The molecule has 7 nitrogen and oxygen atoms in total. The topological polar surface area (TPSA) is 105 Å². The highest BCUT2D eigenvalue weighted by atomic mass is 19.4. The summed E-state index contributed by atoms with van der Waals surface area (Å²) in [6.45, 7) is 2.07. The van der Waals surface area contributed by atoms with Crippen molar-refractivity contribution in [2.45, 2.75) is 19.1 Å². The summed E-state index contributed by atoms with van der Waals surface area (Å²) in [7, 11) is 0. The van der Waals surface area contributed by atoms with Crippen molar-refractivity contribution >= 4 is 11.9 Å². The number of carboxylic acid groups (broad SMARTS) is 2. The summed E-state index contributed by atoms with van der Waals surface area (Å²) in [6.07, 6.45) is -4.96. The molecule has 0 saturated heterocycles. The molecule has 0 fully saturated rings. The summed E-state index contributed by atoms with van der Waals surface area (Å²) in [5.41, 5.74) is 1.09. The van der Waals surface area contributed by atoms with E-state index in [1.807, 2.05) is 54.6 Å². The van der Waals surface area contributed by atoms with Crippen LogP contribution in [-0.2, 0) is 16.1 Å². The van der Waals surface area contributed by atoms with E-state index in [-0.39, 0.29) is 6.42 Å². The first-order valence-electron chi connectivity index (χ1n) is 8.80. The molecule has 2 rings (SSSR count). The third-order valence-electron chi connectivity index (χ3n) is 3.37. The smallest absolute Gasteiger partial charge is 0.490 e.